The Morgan fingerprint density at radius 3 is 1.50 bits per heavy atom. The number of alkyl halides is 1. The third-order valence-corrected chi connectivity index (χ3v) is 6.53. The van der Waals surface area contributed by atoms with E-state index in [1.807, 2.05) is 7.11 Å². The van der Waals surface area contributed by atoms with E-state index in [9.17, 15) is 0 Å². The Morgan fingerprint density at radius 2 is 1.15 bits per heavy atom. The fourth-order valence-corrected chi connectivity index (χ4v) is 4.39. The van der Waals surface area contributed by atoms with Gasteiger partial charge in [0, 0.05) is 18.7 Å². The van der Waals surface area contributed by atoms with Crippen LogP contribution in [0.2, 0.25) is 13.1 Å². The van der Waals surface area contributed by atoms with Gasteiger partial charge in [-0.3, -0.25) is 0 Å². The molecule has 0 radical (unpaired) electrons. The smallest absolute Gasteiger partial charge is 0.0655 e. The zero-order valence-corrected chi connectivity index (χ0v) is 16.0. The van der Waals surface area contributed by atoms with Crippen molar-refractivity contribution in [1.82, 2.24) is 0 Å². The minimum Gasteiger partial charge on any atom is -0.385 e. The lowest BCUT2D eigenvalue weighted by Crippen LogP contribution is -2.26. The summed E-state index contributed by atoms with van der Waals surface area (Å²) in [7, 11) is 1.28. The van der Waals surface area contributed by atoms with Crippen LogP contribution in [0.4, 0.5) is 0 Å². The molecule has 1 unspecified atom stereocenters. The fraction of sp³-hybridized carbons (Fsp3) is 1.00. The SMILES string of the molecule is COC(CCCCCCCCCCCCCCl)[SiH](C)C. The summed E-state index contributed by atoms with van der Waals surface area (Å²) in [5, 5.41) is 0. The summed E-state index contributed by atoms with van der Waals surface area (Å²) in [6.07, 6.45) is 16.5. The Kier molecular flexibility index (Phi) is 16.2. The second-order valence-corrected chi connectivity index (χ2v) is 9.99. The average Bonchev–Trinajstić information content (AvgIpc) is 2.43. The third-order valence-electron chi connectivity index (χ3n) is 4.17. The second kappa shape index (κ2) is 15.8. The molecule has 0 fully saturated rings. The van der Waals surface area contributed by atoms with Gasteiger partial charge >= 0.3 is 0 Å². The van der Waals surface area contributed by atoms with Crippen molar-refractivity contribution < 1.29 is 4.74 Å². The van der Waals surface area contributed by atoms with E-state index in [-0.39, 0.29) is 0 Å². The van der Waals surface area contributed by atoms with Gasteiger partial charge in [0.15, 0.2) is 0 Å². The molecule has 0 saturated carbocycles. The number of methoxy groups -OCH3 is 1. The van der Waals surface area contributed by atoms with Crippen LogP contribution in [0.1, 0.15) is 77.0 Å². The summed E-state index contributed by atoms with van der Waals surface area (Å²) >= 11 is 5.66. The van der Waals surface area contributed by atoms with Crippen molar-refractivity contribution in [2.75, 3.05) is 13.0 Å². The molecule has 0 heterocycles. The van der Waals surface area contributed by atoms with Gasteiger partial charge in [-0.1, -0.05) is 77.3 Å². The van der Waals surface area contributed by atoms with Gasteiger partial charge in [-0.2, -0.15) is 0 Å². The van der Waals surface area contributed by atoms with E-state index >= 15 is 0 Å². The molecule has 0 saturated heterocycles. The number of hydrogen-bond acceptors (Lipinski definition) is 1. The molecule has 0 bridgehead atoms. The Labute approximate surface area is 134 Å². The minimum absolute atomic E-state index is 0.600. The molecule has 1 nitrogen and oxygen atoms in total. The summed E-state index contributed by atoms with van der Waals surface area (Å²) in [6, 6.07) is 0. The van der Waals surface area contributed by atoms with Gasteiger partial charge in [0.25, 0.3) is 0 Å². The molecule has 1 atom stereocenters. The van der Waals surface area contributed by atoms with Gasteiger partial charge in [-0.15, -0.1) is 11.6 Å². The van der Waals surface area contributed by atoms with Crippen molar-refractivity contribution in [3.63, 3.8) is 0 Å². The van der Waals surface area contributed by atoms with E-state index in [1.165, 1.54) is 77.0 Å². The van der Waals surface area contributed by atoms with Gasteiger partial charge in [0.1, 0.15) is 0 Å². The van der Waals surface area contributed by atoms with Crippen LogP contribution in [-0.4, -0.2) is 27.5 Å². The lowest BCUT2D eigenvalue weighted by atomic mass is 10.1. The van der Waals surface area contributed by atoms with Crippen LogP contribution in [0.25, 0.3) is 0 Å². The van der Waals surface area contributed by atoms with E-state index in [1.54, 1.807) is 0 Å². The highest BCUT2D eigenvalue weighted by Crippen LogP contribution is 2.14. The van der Waals surface area contributed by atoms with E-state index in [0.29, 0.717) is 5.73 Å². The van der Waals surface area contributed by atoms with Crippen LogP contribution in [0.15, 0.2) is 0 Å². The molecule has 0 aromatic carbocycles. The molecule has 0 aliphatic carbocycles. The van der Waals surface area contributed by atoms with Gasteiger partial charge in [-0.05, 0) is 12.8 Å². The Balaban J connectivity index is 3.13. The lowest BCUT2D eigenvalue weighted by Gasteiger charge is -2.17. The first kappa shape index (κ1) is 20.5. The molecule has 0 rings (SSSR count). The quantitative estimate of drug-likeness (QED) is 0.206. The Bertz CT molecular complexity index is 188. The van der Waals surface area contributed by atoms with Crippen molar-refractivity contribution in [3.8, 4) is 0 Å². The number of hydrogen-bond donors (Lipinski definition) is 0. The third kappa shape index (κ3) is 13.4. The first-order chi connectivity index (χ1) is 9.72. The molecule has 3 heteroatoms. The highest BCUT2D eigenvalue weighted by molar-refractivity contribution is 6.57. The molecular formula is C17H37ClOSi. The molecule has 0 aliphatic rings. The molecule has 122 valence electrons. The first-order valence-electron chi connectivity index (χ1n) is 8.81. The molecule has 0 aliphatic heterocycles. The Morgan fingerprint density at radius 1 is 0.750 bits per heavy atom. The monoisotopic (exact) mass is 320 g/mol. The largest absolute Gasteiger partial charge is 0.385 e. The number of unbranched alkanes of at least 4 members (excludes halogenated alkanes) is 10. The van der Waals surface area contributed by atoms with Crippen LogP contribution in [0.5, 0.6) is 0 Å². The minimum atomic E-state index is -0.603. The summed E-state index contributed by atoms with van der Waals surface area (Å²) < 4.78 is 5.57. The molecule has 0 spiro atoms. The molecule has 0 N–H and O–H groups in total. The summed E-state index contributed by atoms with van der Waals surface area (Å²) in [5.74, 6) is 0.837. The molecular weight excluding hydrogens is 284 g/mol. The van der Waals surface area contributed by atoms with Crippen LogP contribution in [-0.2, 0) is 4.74 Å². The summed E-state index contributed by atoms with van der Waals surface area (Å²) in [6.45, 7) is 4.78. The van der Waals surface area contributed by atoms with Crippen molar-refractivity contribution in [1.29, 1.82) is 0 Å². The zero-order chi connectivity index (χ0) is 15.1. The lowest BCUT2D eigenvalue weighted by molar-refractivity contribution is 0.151. The molecule has 20 heavy (non-hydrogen) atoms. The van der Waals surface area contributed by atoms with Crippen LogP contribution >= 0.6 is 11.6 Å². The second-order valence-electron chi connectivity index (χ2n) is 6.38. The maximum absolute atomic E-state index is 5.66. The Hall–Kier alpha value is 0.467. The predicted molar refractivity (Wildman–Crippen MR) is 95.8 cm³/mol. The van der Waals surface area contributed by atoms with Gasteiger partial charge in [0.2, 0.25) is 0 Å². The zero-order valence-electron chi connectivity index (χ0n) is 14.1. The normalized spacial score (nSPS) is 13.1. The van der Waals surface area contributed by atoms with Gasteiger partial charge in [-0.25, -0.2) is 0 Å². The summed E-state index contributed by atoms with van der Waals surface area (Å²) in [4.78, 5) is 0. The topological polar surface area (TPSA) is 9.23 Å². The molecule has 0 amide bonds. The highest BCUT2D eigenvalue weighted by atomic mass is 35.5. The van der Waals surface area contributed by atoms with E-state index in [2.05, 4.69) is 13.1 Å². The van der Waals surface area contributed by atoms with Crippen LogP contribution in [0, 0.1) is 0 Å². The number of halogens is 1. The summed E-state index contributed by atoms with van der Waals surface area (Å²) in [5.41, 5.74) is 0.600. The van der Waals surface area contributed by atoms with E-state index < -0.39 is 8.80 Å². The van der Waals surface area contributed by atoms with Crippen molar-refractivity contribution in [2.24, 2.45) is 0 Å². The maximum atomic E-state index is 5.66. The van der Waals surface area contributed by atoms with Crippen molar-refractivity contribution in [2.45, 2.75) is 95.9 Å². The highest BCUT2D eigenvalue weighted by Gasteiger charge is 2.12. The van der Waals surface area contributed by atoms with Crippen molar-refractivity contribution >= 4 is 20.4 Å². The fourth-order valence-electron chi connectivity index (χ4n) is 2.75. The predicted octanol–water partition coefficient (Wildman–Crippen LogP) is 5.95. The first-order valence-corrected chi connectivity index (χ1v) is 12.3. The average molecular weight is 321 g/mol. The molecule has 0 aromatic heterocycles. The van der Waals surface area contributed by atoms with Crippen LogP contribution in [0.3, 0.4) is 0 Å². The number of ether oxygens (including phenoxy) is 1. The van der Waals surface area contributed by atoms with Crippen molar-refractivity contribution in [3.05, 3.63) is 0 Å². The van der Waals surface area contributed by atoms with E-state index in [0.717, 1.165) is 5.88 Å². The van der Waals surface area contributed by atoms with Crippen LogP contribution < -0.4 is 0 Å². The van der Waals surface area contributed by atoms with Gasteiger partial charge < -0.3 is 4.74 Å². The van der Waals surface area contributed by atoms with Gasteiger partial charge in [0.05, 0.1) is 8.80 Å². The maximum Gasteiger partial charge on any atom is 0.0655 e. The standard InChI is InChI=1S/C17H37ClOSi/c1-19-17(20(2)3)15-13-11-9-7-5-4-6-8-10-12-14-16-18/h17,20H,4-16H2,1-3H3. The van der Waals surface area contributed by atoms with E-state index in [4.69, 9.17) is 16.3 Å². The number of rotatable bonds is 15. The molecule has 0 aromatic rings.